The molecule has 0 aliphatic rings. The van der Waals surface area contributed by atoms with Crippen molar-refractivity contribution in [1.82, 2.24) is 0 Å². The molecule has 0 amide bonds. The van der Waals surface area contributed by atoms with E-state index in [0.717, 1.165) is 11.1 Å². The lowest BCUT2D eigenvalue weighted by Crippen LogP contribution is -2.10. The predicted octanol–water partition coefficient (Wildman–Crippen LogP) is 1.61. The van der Waals surface area contributed by atoms with Crippen LogP contribution in [0.4, 0.5) is 0 Å². The normalized spacial score (nSPS) is 9.09. The van der Waals surface area contributed by atoms with E-state index in [9.17, 15) is 0 Å². The highest BCUT2D eigenvalue weighted by Gasteiger charge is 1.94. The summed E-state index contributed by atoms with van der Waals surface area (Å²) in [6, 6.07) is 7.40. The van der Waals surface area contributed by atoms with Gasteiger partial charge in [0.2, 0.25) is 0 Å². The van der Waals surface area contributed by atoms with Gasteiger partial charge in [-0.3, -0.25) is 5.41 Å². The number of hydrogen-bond donors (Lipinski definition) is 2. The van der Waals surface area contributed by atoms with Crippen LogP contribution >= 0.6 is 0 Å². The molecule has 0 heterocycles. The number of amidine groups is 1. The molecule has 0 aromatic heterocycles. The lowest BCUT2D eigenvalue weighted by Gasteiger charge is -1.98. The Bertz CT molecular complexity index is 289. The van der Waals surface area contributed by atoms with Crippen LogP contribution in [-0.4, -0.2) is 5.84 Å². The smallest absolute Gasteiger partial charge is 0.122 e. The summed E-state index contributed by atoms with van der Waals surface area (Å²) in [6.07, 6.45) is 1.73. The number of benzene rings is 1. The van der Waals surface area contributed by atoms with Crippen LogP contribution < -0.4 is 5.73 Å². The molecule has 3 N–H and O–H groups in total. The molecule has 0 bridgehead atoms. The maximum absolute atomic E-state index is 7.15. The Morgan fingerprint density at radius 1 is 1.55 bits per heavy atom. The molecule has 2 nitrogen and oxygen atoms in total. The summed E-state index contributed by atoms with van der Waals surface area (Å²) in [6.45, 7) is 3.62. The van der Waals surface area contributed by atoms with E-state index in [1.165, 1.54) is 0 Å². The van der Waals surface area contributed by atoms with E-state index >= 15 is 0 Å². The minimum atomic E-state index is 0.0914. The van der Waals surface area contributed by atoms with Gasteiger partial charge in [0, 0.05) is 5.56 Å². The first-order valence-electron chi connectivity index (χ1n) is 3.31. The average Bonchev–Trinajstić information content (AvgIpc) is 2.05. The van der Waals surface area contributed by atoms with Gasteiger partial charge in [-0.15, -0.1) is 0 Å². The number of nitrogen functional groups attached to an aromatic ring is 1. The molecule has 0 radical (unpaired) electrons. The van der Waals surface area contributed by atoms with Gasteiger partial charge in [0.25, 0.3) is 0 Å². The number of nitrogens with two attached hydrogens (primary N) is 1. The second kappa shape index (κ2) is 3.01. The van der Waals surface area contributed by atoms with Crippen molar-refractivity contribution in [2.45, 2.75) is 0 Å². The van der Waals surface area contributed by atoms with E-state index in [-0.39, 0.29) is 5.84 Å². The summed E-state index contributed by atoms with van der Waals surface area (Å²) in [5, 5.41) is 7.15. The van der Waals surface area contributed by atoms with Gasteiger partial charge in [-0.25, -0.2) is 0 Å². The summed E-state index contributed by atoms with van der Waals surface area (Å²) < 4.78 is 0. The van der Waals surface area contributed by atoms with E-state index in [2.05, 4.69) is 6.58 Å². The lowest BCUT2D eigenvalue weighted by atomic mass is 10.1. The fourth-order valence-corrected chi connectivity index (χ4v) is 0.833. The van der Waals surface area contributed by atoms with Crippen LogP contribution in [0.5, 0.6) is 0 Å². The Morgan fingerprint density at radius 3 is 2.82 bits per heavy atom. The van der Waals surface area contributed by atoms with Gasteiger partial charge < -0.3 is 5.73 Å². The van der Waals surface area contributed by atoms with Crippen LogP contribution in [0.15, 0.2) is 30.8 Å². The molecule has 1 aromatic carbocycles. The minimum Gasteiger partial charge on any atom is -0.384 e. The van der Waals surface area contributed by atoms with Gasteiger partial charge in [-0.1, -0.05) is 30.9 Å². The van der Waals surface area contributed by atoms with Crippen molar-refractivity contribution in [2.24, 2.45) is 5.73 Å². The van der Waals surface area contributed by atoms with Gasteiger partial charge in [-0.2, -0.15) is 0 Å². The lowest BCUT2D eigenvalue weighted by molar-refractivity contribution is 1.42. The molecule has 1 rings (SSSR count). The van der Waals surface area contributed by atoms with Crippen molar-refractivity contribution >= 4 is 11.9 Å². The van der Waals surface area contributed by atoms with Gasteiger partial charge in [0.1, 0.15) is 5.84 Å². The summed E-state index contributed by atoms with van der Waals surface area (Å²) in [7, 11) is 0. The Labute approximate surface area is 65.9 Å². The molecule has 0 spiro atoms. The average molecular weight is 146 g/mol. The zero-order chi connectivity index (χ0) is 8.27. The first kappa shape index (κ1) is 7.54. The second-order valence-electron chi connectivity index (χ2n) is 2.24. The third-order valence-electron chi connectivity index (χ3n) is 1.43. The summed E-state index contributed by atoms with van der Waals surface area (Å²) >= 11 is 0. The van der Waals surface area contributed by atoms with Crippen LogP contribution in [0.25, 0.3) is 6.08 Å². The van der Waals surface area contributed by atoms with E-state index in [1.807, 2.05) is 18.2 Å². The molecule has 11 heavy (non-hydrogen) atoms. The molecule has 0 saturated carbocycles. The molecule has 2 heteroatoms. The van der Waals surface area contributed by atoms with Crippen LogP contribution in [-0.2, 0) is 0 Å². The standard InChI is InChI=1S/C9H10N2/c1-2-7-4-3-5-8(6-7)9(10)11/h2-6H,1H2,(H3,10,11). The molecule has 56 valence electrons. The van der Waals surface area contributed by atoms with Crippen molar-refractivity contribution in [2.75, 3.05) is 0 Å². The monoisotopic (exact) mass is 146 g/mol. The van der Waals surface area contributed by atoms with Crippen LogP contribution in [0.3, 0.4) is 0 Å². The molecule has 0 fully saturated rings. The minimum absolute atomic E-state index is 0.0914. The Kier molecular flexibility index (Phi) is 2.06. The van der Waals surface area contributed by atoms with Gasteiger partial charge >= 0.3 is 0 Å². The maximum Gasteiger partial charge on any atom is 0.122 e. The molecule has 0 saturated heterocycles. The summed E-state index contributed by atoms with van der Waals surface area (Å²) in [4.78, 5) is 0. The van der Waals surface area contributed by atoms with Crippen molar-refractivity contribution < 1.29 is 0 Å². The maximum atomic E-state index is 7.15. The van der Waals surface area contributed by atoms with Crippen LogP contribution in [0.2, 0.25) is 0 Å². The summed E-state index contributed by atoms with van der Waals surface area (Å²) in [5.74, 6) is 0.0914. The molecule has 0 aliphatic carbocycles. The van der Waals surface area contributed by atoms with E-state index in [4.69, 9.17) is 11.1 Å². The van der Waals surface area contributed by atoms with Crippen molar-refractivity contribution in [3.8, 4) is 0 Å². The molecule has 0 unspecified atom stereocenters. The van der Waals surface area contributed by atoms with E-state index in [1.54, 1.807) is 12.1 Å². The van der Waals surface area contributed by atoms with E-state index < -0.39 is 0 Å². The zero-order valence-corrected chi connectivity index (χ0v) is 6.17. The van der Waals surface area contributed by atoms with Gasteiger partial charge in [0.05, 0.1) is 0 Å². The number of hydrogen-bond acceptors (Lipinski definition) is 1. The zero-order valence-electron chi connectivity index (χ0n) is 6.17. The first-order valence-corrected chi connectivity index (χ1v) is 3.31. The number of nitrogens with one attached hydrogen (secondary N) is 1. The van der Waals surface area contributed by atoms with Crippen LogP contribution in [0.1, 0.15) is 11.1 Å². The molecule has 0 aliphatic heterocycles. The Morgan fingerprint density at radius 2 is 2.27 bits per heavy atom. The third-order valence-corrected chi connectivity index (χ3v) is 1.43. The highest BCUT2D eigenvalue weighted by Crippen LogP contribution is 2.04. The van der Waals surface area contributed by atoms with Crippen molar-refractivity contribution in [3.63, 3.8) is 0 Å². The third kappa shape index (κ3) is 1.67. The largest absolute Gasteiger partial charge is 0.384 e. The first-order chi connectivity index (χ1) is 5.24. The molecule has 0 atom stereocenters. The Balaban J connectivity index is 3.10. The van der Waals surface area contributed by atoms with Crippen molar-refractivity contribution in [3.05, 3.63) is 42.0 Å². The highest BCUT2D eigenvalue weighted by molar-refractivity contribution is 5.95. The molecular weight excluding hydrogens is 136 g/mol. The highest BCUT2D eigenvalue weighted by atomic mass is 14.7. The molecular formula is C9H10N2. The fourth-order valence-electron chi connectivity index (χ4n) is 0.833. The van der Waals surface area contributed by atoms with Gasteiger partial charge in [0.15, 0.2) is 0 Å². The van der Waals surface area contributed by atoms with E-state index in [0.29, 0.717) is 0 Å². The SMILES string of the molecule is C=Cc1cccc(C(=N)N)c1. The topological polar surface area (TPSA) is 49.9 Å². The second-order valence-corrected chi connectivity index (χ2v) is 2.24. The number of rotatable bonds is 2. The fraction of sp³-hybridized carbons (Fsp3) is 0. The van der Waals surface area contributed by atoms with Crippen LogP contribution in [0, 0.1) is 5.41 Å². The quantitative estimate of drug-likeness (QED) is 0.483. The van der Waals surface area contributed by atoms with Crippen molar-refractivity contribution in [1.29, 1.82) is 5.41 Å². The summed E-state index contributed by atoms with van der Waals surface area (Å²) in [5.41, 5.74) is 7.01. The predicted molar refractivity (Wildman–Crippen MR) is 47.5 cm³/mol. The van der Waals surface area contributed by atoms with Gasteiger partial charge in [-0.05, 0) is 11.6 Å². The molecule has 1 aromatic rings. The Hall–Kier alpha value is -1.57.